The molecule has 0 radical (unpaired) electrons. The summed E-state index contributed by atoms with van der Waals surface area (Å²) in [4.78, 5) is 12.1. The van der Waals surface area contributed by atoms with Crippen LogP contribution in [0.4, 0.5) is 0 Å². The number of fused-ring (bicyclic) bond motifs is 1. The van der Waals surface area contributed by atoms with Gasteiger partial charge >= 0.3 is 0 Å². The summed E-state index contributed by atoms with van der Waals surface area (Å²) in [5, 5.41) is 13.6. The van der Waals surface area contributed by atoms with Gasteiger partial charge in [0, 0.05) is 11.6 Å². The maximum absolute atomic E-state index is 12.1. The number of phenolic OH excluding ortho intramolecular Hbond substituents is 1. The zero-order chi connectivity index (χ0) is 16.9. The molecule has 0 fully saturated rings. The Kier molecular flexibility index (Phi) is 4.51. The molecule has 0 spiro atoms. The van der Waals surface area contributed by atoms with Crippen LogP contribution in [-0.2, 0) is 4.79 Å². The molecule has 1 heterocycles. The number of ether oxygens (including phenoxy) is 3. The Morgan fingerprint density at radius 3 is 2.88 bits per heavy atom. The molecule has 1 aliphatic heterocycles. The van der Waals surface area contributed by atoms with Gasteiger partial charge in [0.25, 0.3) is 5.91 Å². The van der Waals surface area contributed by atoms with Crippen molar-refractivity contribution in [1.82, 2.24) is 5.43 Å². The number of para-hydroxylation sites is 2. The normalized spacial score (nSPS) is 16.0. The second-order valence-corrected chi connectivity index (χ2v) is 5.02. The number of benzene rings is 2. The summed E-state index contributed by atoms with van der Waals surface area (Å²) < 4.78 is 16.0. The molecular formula is C17H16N2O5. The van der Waals surface area contributed by atoms with Crippen LogP contribution in [0, 0.1) is 0 Å². The zero-order valence-electron chi connectivity index (χ0n) is 12.9. The van der Waals surface area contributed by atoms with E-state index in [1.807, 2.05) is 6.07 Å². The highest BCUT2D eigenvalue weighted by Crippen LogP contribution is 2.30. The Balaban J connectivity index is 1.60. The van der Waals surface area contributed by atoms with Crippen molar-refractivity contribution >= 4 is 12.1 Å². The summed E-state index contributed by atoms with van der Waals surface area (Å²) in [6.07, 6.45) is 0.547. The van der Waals surface area contributed by atoms with Crippen molar-refractivity contribution in [1.29, 1.82) is 0 Å². The standard InChI is InChI=1S/C17H16N2O5/c1-22-12-7-6-11(13(20)8-12)9-18-19-17(21)16-10-23-14-4-2-3-5-15(14)24-16/h2-9,16,20H,10H2,1H3,(H,19,21)/b18-9+/t16-/m1/s1. The maximum atomic E-state index is 12.1. The molecule has 7 heteroatoms. The van der Waals surface area contributed by atoms with Crippen LogP contribution in [0.3, 0.4) is 0 Å². The Labute approximate surface area is 138 Å². The molecule has 124 valence electrons. The number of hydrogen-bond acceptors (Lipinski definition) is 6. The van der Waals surface area contributed by atoms with Gasteiger partial charge in [-0.2, -0.15) is 5.10 Å². The minimum atomic E-state index is -0.790. The monoisotopic (exact) mass is 328 g/mol. The van der Waals surface area contributed by atoms with Gasteiger partial charge < -0.3 is 19.3 Å². The van der Waals surface area contributed by atoms with E-state index in [2.05, 4.69) is 10.5 Å². The van der Waals surface area contributed by atoms with E-state index in [1.165, 1.54) is 19.4 Å². The lowest BCUT2D eigenvalue weighted by atomic mass is 10.2. The van der Waals surface area contributed by atoms with Gasteiger partial charge in [0.15, 0.2) is 11.5 Å². The van der Waals surface area contributed by atoms with Crippen LogP contribution in [0.1, 0.15) is 5.56 Å². The fourth-order valence-electron chi connectivity index (χ4n) is 2.15. The summed E-state index contributed by atoms with van der Waals surface area (Å²) in [7, 11) is 1.51. The maximum Gasteiger partial charge on any atom is 0.284 e. The number of carbonyl (C=O) groups excluding carboxylic acids is 1. The molecule has 0 unspecified atom stereocenters. The lowest BCUT2D eigenvalue weighted by Gasteiger charge is -2.24. The van der Waals surface area contributed by atoms with E-state index in [-0.39, 0.29) is 12.4 Å². The van der Waals surface area contributed by atoms with Gasteiger partial charge in [0.05, 0.1) is 13.3 Å². The van der Waals surface area contributed by atoms with E-state index in [4.69, 9.17) is 14.2 Å². The first-order valence-corrected chi connectivity index (χ1v) is 7.26. The van der Waals surface area contributed by atoms with Crippen molar-refractivity contribution in [3.05, 3.63) is 48.0 Å². The van der Waals surface area contributed by atoms with Crippen LogP contribution in [-0.4, -0.2) is 37.0 Å². The van der Waals surface area contributed by atoms with Crippen LogP contribution in [0.2, 0.25) is 0 Å². The number of methoxy groups -OCH3 is 1. The van der Waals surface area contributed by atoms with Crippen molar-refractivity contribution in [2.75, 3.05) is 13.7 Å². The van der Waals surface area contributed by atoms with Crippen molar-refractivity contribution in [2.45, 2.75) is 6.10 Å². The summed E-state index contributed by atoms with van der Waals surface area (Å²) in [5.74, 6) is 1.21. The predicted molar refractivity (Wildman–Crippen MR) is 86.7 cm³/mol. The van der Waals surface area contributed by atoms with Crippen LogP contribution >= 0.6 is 0 Å². The lowest BCUT2D eigenvalue weighted by Crippen LogP contribution is -2.42. The number of aromatic hydroxyl groups is 1. The molecule has 0 saturated heterocycles. The highest BCUT2D eigenvalue weighted by Gasteiger charge is 2.26. The third-order valence-electron chi connectivity index (χ3n) is 3.42. The summed E-state index contributed by atoms with van der Waals surface area (Å²) in [5.41, 5.74) is 2.82. The minimum absolute atomic E-state index is 0.00136. The first-order valence-electron chi connectivity index (χ1n) is 7.26. The minimum Gasteiger partial charge on any atom is -0.507 e. The average Bonchev–Trinajstić information content (AvgIpc) is 2.62. The van der Waals surface area contributed by atoms with Gasteiger partial charge in [-0.1, -0.05) is 12.1 Å². The summed E-state index contributed by atoms with van der Waals surface area (Å²) >= 11 is 0. The second kappa shape index (κ2) is 6.91. The van der Waals surface area contributed by atoms with Crippen LogP contribution in [0.25, 0.3) is 0 Å². The SMILES string of the molecule is COc1ccc(/C=N/NC(=O)[C@H]2COc3ccccc3O2)c(O)c1. The van der Waals surface area contributed by atoms with Crippen LogP contribution < -0.4 is 19.6 Å². The van der Waals surface area contributed by atoms with Gasteiger partial charge in [0.1, 0.15) is 18.1 Å². The number of nitrogens with zero attached hydrogens (tertiary/aromatic N) is 1. The fourth-order valence-corrected chi connectivity index (χ4v) is 2.15. The van der Waals surface area contributed by atoms with E-state index in [0.717, 1.165) is 0 Å². The Bertz CT molecular complexity index is 775. The van der Waals surface area contributed by atoms with Gasteiger partial charge in [-0.3, -0.25) is 4.79 Å². The molecule has 24 heavy (non-hydrogen) atoms. The first kappa shape index (κ1) is 15.7. The van der Waals surface area contributed by atoms with E-state index in [1.54, 1.807) is 30.3 Å². The van der Waals surface area contributed by atoms with E-state index < -0.39 is 12.0 Å². The van der Waals surface area contributed by atoms with E-state index in [0.29, 0.717) is 22.8 Å². The predicted octanol–water partition coefficient (Wildman–Crippen LogP) is 1.69. The number of hydrogen-bond donors (Lipinski definition) is 2. The highest BCUT2D eigenvalue weighted by atomic mass is 16.6. The van der Waals surface area contributed by atoms with Crippen molar-refractivity contribution in [3.8, 4) is 23.0 Å². The molecule has 7 nitrogen and oxygen atoms in total. The molecule has 2 aromatic rings. The van der Waals surface area contributed by atoms with Crippen molar-refractivity contribution in [3.63, 3.8) is 0 Å². The summed E-state index contributed by atoms with van der Waals surface area (Å²) in [6.45, 7) is 0.103. The Morgan fingerprint density at radius 1 is 1.33 bits per heavy atom. The van der Waals surface area contributed by atoms with Gasteiger partial charge in [0.2, 0.25) is 6.10 Å². The molecule has 1 aliphatic rings. The fraction of sp³-hybridized carbons (Fsp3) is 0.176. The smallest absolute Gasteiger partial charge is 0.284 e. The first-order chi connectivity index (χ1) is 11.7. The van der Waals surface area contributed by atoms with Gasteiger partial charge in [-0.05, 0) is 24.3 Å². The lowest BCUT2D eigenvalue weighted by molar-refractivity contribution is -0.130. The Morgan fingerprint density at radius 2 is 2.12 bits per heavy atom. The molecule has 0 aliphatic carbocycles. The van der Waals surface area contributed by atoms with Crippen LogP contribution in [0.5, 0.6) is 23.0 Å². The number of carbonyl (C=O) groups is 1. The summed E-state index contributed by atoms with van der Waals surface area (Å²) in [6, 6.07) is 11.9. The molecule has 0 bridgehead atoms. The topological polar surface area (TPSA) is 89.4 Å². The van der Waals surface area contributed by atoms with Gasteiger partial charge in [-0.15, -0.1) is 0 Å². The molecule has 2 aromatic carbocycles. The molecule has 1 atom stereocenters. The quantitative estimate of drug-likeness (QED) is 0.658. The highest BCUT2D eigenvalue weighted by molar-refractivity contribution is 5.86. The van der Waals surface area contributed by atoms with Crippen molar-refractivity contribution in [2.24, 2.45) is 5.10 Å². The average molecular weight is 328 g/mol. The zero-order valence-corrected chi connectivity index (χ0v) is 12.9. The molecule has 0 aromatic heterocycles. The van der Waals surface area contributed by atoms with E-state index in [9.17, 15) is 9.90 Å². The Hall–Kier alpha value is -3.22. The largest absolute Gasteiger partial charge is 0.507 e. The third kappa shape index (κ3) is 3.40. The molecular weight excluding hydrogens is 312 g/mol. The second-order valence-electron chi connectivity index (χ2n) is 5.02. The van der Waals surface area contributed by atoms with E-state index >= 15 is 0 Å². The number of nitrogens with one attached hydrogen (secondary N) is 1. The number of hydrazone groups is 1. The molecule has 0 saturated carbocycles. The number of rotatable bonds is 4. The third-order valence-corrected chi connectivity index (χ3v) is 3.42. The number of amides is 1. The molecule has 3 rings (SSSR count). The molecule has 2 N–H and O–H groups in total. The molecule has 1 amide bonds. The van der Waals surface area contributed by atoms with Crippen molar-refractivity contribution < 1.29 is 24.1 Å². The number of phenols is 1. The van der Waals surface area contributed by atoms with Gasteiger partial charge in [-0.25, -0.2) is 5.43 Å². The van der Waals surface area contributed by atoms with Crippen LogP contribution in [0.15, 0.2) is 47.6 Å².